The number of amides is 1. The largest absolute Gasteiger partial charge is 0.481 e. The lowest BCUT2D eigenvalue weighted by Crippen LogP contribution is -2.38. The van der Waals surface area contributed by atoms with Gasteiger partial charge in [-0.2, -0.15) is 0 Å². The molecule has 0 radical (unpaired) electrons. The molecule has 1 fully saturated rings. The molecule has 0 unspecified atom stereocenters. The molecule has 1 aromatic heterocycles. The summed E-state index contributed by atoms with van der Waals surface area (Å²) >= 11 is 0. The van der Waals surface area contributed by atoms with Crippen molar-refractivity contribution in [1.82, 2.24) is 15.2 Å². The minimum atomic E-state index is -0.0959. The molecule has 1 aromatic carbocycles. The molecule has 26 heavy (non-hydrogen) atoms. The number of hydrogen-bond donors (Lipinski definition) is 1. The van der Waals surface area contributed by atoms with Crippen molar-refractivity contribution in [3.05, 3.63) is 59.8 Å². The number of likely N-dealkylation sites (tertiary alicyclic amines) is 1. The number of carbonyl (C=O) groups excluding carboxylic acids is 1. The maximum atomic E-state index is 12.6. The molecule has 1 amide bonds. The van der Waals surface area contributed by atoms with Crippen LogP contribution in [0.2, 0.25) is 0 Å². The molecule has 138 valence electrons. The van der Waals surface area contributed by atoms with E-state index in [1.165, 1.54) is 31.2 Å². The Kier molecular flexibility index (Phi) is 6.61. The topological polar surface area (TPSA) is 54.5 Å². The fourth-order valence-electron chi connectivity index (χ4n) is 3.49. The van der Waals surface area contributed by atoms with E-state index in [0.29, 0.717) is 18.0 Å². The standard InChI is InChI=1S/C21H27N3O2/c1-26-20-15-18(11-12-22-20)21(25)23-16-19(17-9-5-4-6-10-17)24-13-7-2-3-8-14-24/h4-6,9-12,15,19H,2-3,7-8,13-14,16H2,1H3,(H,23,25)/t19-/m1/s1. The van der Waals surface area contributed by atoms with Crippen molar-refractivity contribution in [2.45, 2.75) is 31.7 Å². The third-order valence-corrected chi connectivity index (χ3v) is 4.93. The molecular formula is C21H27N3O2. The number of hydrogen-bond acceptors (Lipinski definition) is 4. The maximum Gasteiger partial charge on any atom is 0.251 e. The van der Waals surface area contributed by atoms with E-state index in [4.69, 9.17) is 4.74 Å². The molecule has 2 aromatic rings. The fraction of sp³-hybridized carbons (Fsp3) is 0.429. The molecule has 2 heterocycles. The predicted molar refractivity (Wildman–Crippen MR) is 102 cm³/mol. The molecule has 3 rings (SSSR count). The quantitative estimate of drug-likeness (QED) is 0.864. The lowest BCUT2D eigenvalue weighted by Gasteiger charge is -2.31. The Balaban J connectivity index is 1.71. The summed E-state index contributed by atoms with van der Waals surface area (Å²) in [4.78, 5) is 19.2. The van der Waals surface area contributed by atoms with Gasteiger partial charge in [0.05, 0.1) is 13.2 Å². The number of methoxy groups -OCH3 is 1. The number of nitrogens with one attached hydrogen (secondary N) is 1. The van der Waals surface area contributed by atoms with Gasteiger partial charge in [-0.1, -0.05) is 43.2 Å². The van der Waals surface area contributed by atoms with E-state index in [-0.39, 0.29) is 11.9 Å². The van der Waals surface area contributed by atoms with Crippen LogP contribution in [0.25, 0.3) is 0 Å². The summed E-state index contributed by atoms with van der Waals surface area (Å²) in [6.45, 7) is 2.75. The molecule has 1 aliphatic rings. The second kappa shape index (κ2) is 9.34. The Bertz CT molecular complexity index is 697. The summed E-state index contributed by atoms with van der Waals surface area (Å²) in [6.07, 6.45) is 6.62. The lowest BCUT2D eigenvalue weighted by molar-refractivity contribution is 0.0932. The molecule has 1 atom stereocenters. The van der Waals surface area contributed by atoms with Crippen LogP contribution in [-0.4, -0.2) is 42.5 Å². The Labute approximate surface area is 155 Å². The van der Waals surface area contributed by atoms with E-state index in [1.807, 2.05) is 6.07 Å². The van der Waals surface area contributed by atoms with E-state index in [0.717, 1.165) is 13.1 Å². The molecule has 0 spiro atoms. The van der Waals surface area contributed by atoms with Crippen LogP contribution >= 0.6 is 0 Å². The van der Waals surface area contributed by atoms with Crippen LogP contribution in [0.1, 0.15) is 47.6 Å². The van der Waals surface area contributed by atoms with Crippen molar-refractivity contribution in [2.24, 2.45) is 0 Å². The van der Waals surface area contributed by atoms with Crippen LogP contribution in [0, 0.1) is 0 Å². The normalized spacial score (nSPS) is 16.5. The first-order valence-electron chi connectivity index (χ1n) is 9.35. The highest BCUT2D eigenvalue weighted by Gasteiger charge is 2.22. The van der Waals surface area contributed by atoms with Crippen LogP contribution in [0.5, 0.6) is 5.88 Å². The summed E-state index contributed by atoms with van der Waals surface area (Å²) in [7, 11) is 1.55. The zero-order valence-electron chi connectivity index (χ0n) is 15.4. The van der Waals surface area contributed by atoms with E-state index < -0.39 is 0 Å². The average molecular weight is 353 g/mol. The Morgan fingerprint density at radius 1 is 1.15 bits per heavy atom. The van der Waals surface area contributed by atoms with Crippen molar-refractivity contribution >= 4 is 5.91 Å². The number of ether oxygens (including phenoxy) is 1. The van der Waals surface area contributed by atoms with Crippen LogP contribution < -0.4 is 10.1 Å². The second-order valence-electron chi connectivity index (χ2n) is 6.67. The Morgan fingerprint density at radius 3 is 2.58 bits per heavy atom. The highest BCUT2D eigenvalue weighted by atomic mass is 16.5. The van der Waals surface area contributed by atoms with Crippen molar-refractivity contribution in [3.63, 3.8) is 0 Å². The van der Waals surface area contributed by atoms with Gasteiger partial charge in [-0.25, -0.2) is 4.98 Å². The molecule has 1 N–H and O–H groups in total. The van der Waals surface area contributed by atoms with Gasteiger partial charge in [-0.15, -0.1) is 0 Å². The minimum Gasteiger partial charge on any atom is -0.481 e. The zero-order valence-corrected chi connectivity index (χ0v) is 15.4. The molecule has 0 bridgehead atoms. The number of carbonyl (C=O) groups is 1. The van der Waals surface area contributed by atoms with E-state index in [1.54, 1.807) is 25.4 Å². The molecule has 1 saturated heterocycles. The summed E-state index contributed by atoms with van der Waals surface area (Å²) in [6, 6.07) is 14.0. The number of nitrogens with zero attached hydrogens (tertiary/aromatic N) is 2. The van der Waals surface area contributed by atoms with Crippen molar-refractivity contribution in [1.29, 1.82) is 0 Å². The lowest BCUT2D eigenvalue weighted by atomic mass is 10.0. The third-order valence-electron chi connectivity index (χ3n) is 4.93. The third kappa shape index (κ3) is 4.82. The van der Waals surface area contributed by atoms with Gasteiger partial charge >= 0.3 is 0 Å². The van der Waals surface area contributed by atoms with Crippen LogP contribution in [0.15, 0.2) is 48.7 Å². The van der Waals surface area contributed by atoms with Crippen molar-refractivity contribution < 1.29 is 9.53 Å². The molecular weight excluding hydrogens is 326 g/mol. The molecule has 5 heteroatoms. The number of benzene rings is 1. The Morgan fingerprint density at radius 2 is 1.88 bits per heavy atom. The van der Waals surface area contributed by atoms with E-state index >= 15 is 0 Å². The zero-order chi connectivity index (χ0) is 18.2. The number of aromatic nitrogens is 1. The average Bonchev–Trinajstić information content (AvgIpc) is 2.98. The van der Waals surface area contributed by atoms with Crippen molar-refractivity contribution in [3.8, 4) is 5.88 Å². The fourth-order valence-corrected chi connectivity index (χ4v) is 3.49. The van der Waals surface area contributed by atoms with Crippen molar-refractivity contribution in [2.75, 3.05) is 26.7 Å². The summed E-state index contributed by atoms with van der Waals surface area (Å²) in [5.41, 5.74) is 1.82. The first kappa shape index (κ1) is 18.4. The van der Waals surface area contributed by atoms with Gasteiger partial charge in [0.15, 0.2) is 0 Å². The highest BCUT2D eigenvalue weighted by Crippen LogP contribution is 2.24. The SMILES string of the molecule is COc1cc(C(=O)NC[C@H](c2ccccc2)N2CCCCCC2)ccn1. The van der Waals surface area contributed by atoms with E-state index in [2.05, 4.69) is 39.5 Å². The molecule has 0 aliphatic carbocycles. The first-order valence-corrected chi connectivity index (χ1v) is 9.35. The number of rotatable bonds is 6. The maximum absolute atomic E-state index is 12.6. The van der Waals surface area contributed by atoms with Gasteiger partial charge in [-0.05, 0) is 37.6 Å². The number of pyridine rings is 1. The van der Waals surface area contributed by atoms with Gasteiger partial charge in [0.2, 0.25) is 5.88 Å². The van der Waals surface area contributed by atoms with Crippen LogP contribution in [-0.2, 0) is 0 Å². The van der Waals surface area contributed by atoms with Gasteiger partial charge in [0.25, 0.3) is 5.91 Å². The monoisotopic (exact) mass is 353 g/mol. The van der Waals surface area contributed by atoms with Gasteiger partial charge in [-0.3, -0.25) is 9.69 Å². The van der Waals surface area contributed by atoms with Crippen LogP contribution in [0.3, 0.4) is 0 Å². The summed E-state index contributed by atoms with van der Waals surface area (Å²) < 4.78 is 5.11. The first-order chi connectivity index (χ1) is 12.8. The van der Waals surface area contributed by atoms with Gasteiger partial charge in [0.1, 0.15) is 0 Å². The highest BCUT2D eigenvalue weighted by molar-refractivity contribution is 5.94. The predicted octanol–water partition coefficient (Wildman–Crippen LogP) is 3.44. The molecule has 0 saturated carbocycles. The summed E-state index contributed by atoms with van der Waals surface area (Å²) in [5.74, 6) is 0.353. The summed E-state index contributed by atoms with van der Waals surface area (Å²) in [5, 5.41) is 3.10. The van der Waals surface area contributed by atoms with Gasteiger partial charge in [0, 0.05) is 24.4 Å². The second-order valence-corrected chi connectivity index (χ2v) is 6.67. The molecule has 5 nitrogen and oxygen atoms in total. The van der Waals surface area contributed by atoms with E-state index in [9.17, 15) is 4.79 Å². The van der Waals surface area contributed by atoms with Gasteiger partial charge < -0.3 is 10.1 Å². The minimum absolute atomic E-state index is 0.0959. The smallest absolute Gasteiger partial charge is 0.251 e. The Hall–Kier alpha value is -2.40. The van der Waals surface area contributed by atoms with Crippen LogP contribution in [0.4, 0.5) is 0 Å². The molecule has 1 aliphatic heterocycles.